The summed E-state index contributed by atoms with van der Waals surface area (Å²) >= 11 is 1.85. The van der Waals surface area contributed by atoms with Crippen molar-refractivity contribution < 1.29 is 9.78 Å². The van der Waals surface area contributed by atoms with Crippen LogP contribution in [0.5, 0.6) is 0 Å². The largest absolute Gasteiger partial charge is 0.229 e. The summed E-state index contributed by atoms with van der Waals surface area (Å²) in [5.41, 5.74) is 1.13. The first-order chi connectivity index (χ1) is 9.17. The minimum atomic E-state index is -0.186. The van der Waals surface area contributed by atoms with E-state index >= 15 is 0 Å². The Labute approximate surface area is 119 Å². The lowest BCUT2D eigenvalue weighted by Crippen LogP contribution is -2.49. The average molecular weight is 276 g/mol. The Balaban J connectivity index is 1.67. The molecule has 0 saturated carbocycles. The Hall–Kier alpha value is -0.770. The molecule has 1 saturated heterocycles. The highest BCUT2D eigenvalue weighted by Crippen LogP contribution is 2.43. The van der Waals surface area contributed by atoms with Crippen LogP contribution in [0.3, 0.4) is 0 Å². The molecule has 2 bridgehead atoms. The number of allylic oxidation sites excluding steroid dienone is 1. The van der Waals surface area contributed by atoms with Crippen molar-refractivity contribution in [2.45, 2.75) is 43.3 Å². The van der Waals surface area contributed by atoms with Gasteiger partial charge in [-0.05, 0) is 50.3 Å². The first kappa shape index (κ1) is 13.2. The fourth-order valence-electron chi connectivity index (χ4n) is 2.74. The van der Waals surface area contributed by atoms with Crippen LogP contribution in [0, 0.1) is 5.92 Å². The molecule has 0 unspecified atom stereocenters. The second-order valence-electron chi connectivity index (χ2n) is 5.70. The second-order valence-corrected chi connectivity index (χ2v) is 6.75. The monoisotopic (exact) mass is 276 g/mol. The summed E-state index contributed by atoms with van der Waals surface area (Å²) in [4.78, 5) is 12.6. The lowest BCUT2D eigenvalue weighted by Gasteiger charge is -2.45. The first-order valence-electron chi connectivity index (χ1n) is 6.86. The van der Waals surface area contributed by atoms with Gasteiger partial charge in [0.25, 0.3) is 0 Å². The van der Waals surface area contributed by atoms with Gasteiger partial charge in [-0.1, -0.05) is 24.3 Å². The molecule has 0 N–H and O–H groups in total. The van der Waals surface area contributed by atoms with Crippen LogP contribution in [0.2, 0.25) is 0 Å². The van der Waals surface area contributed by atoms with Gasteiger partial charge >= 0.3 is 0 Å². The van der Waals surface area contributed by atoms with Crippen LogP contribution in [0.15, 0.2) is 46.9 Å². The molecule has 0 radical (unpaired) electrons. The molecule has 1 aliphatic carbocycles. The van der Waals surface area contributed by atoms with Crippen LogP contribution < -0.4 is 0 Å². The maximum Gasteiger partial charge on any atom is 0.114 e. The van der Waals surface area contributed by atoms with Crippen LogP contribution in [0.1, 0.15) is 26.7 Å². The second kappa shape index (κ2) is 5.31. The van der Waals surface area contributed by atoms with Crippen molar-refractivity contribution in [3.63, 3.8) is 0 Å². The molecular formula is C16H20O2S. The van der Waals surface area contributed by atoms with Gasteiger partial charge in [-0.2, -0.15) is 0 Å². The van der Waals surface area contributed by atoms with E-state index in [1.165, 1.54) is 10.5 Å². The minimum Gasteiger partial charge on any atom is -0.229 e. The number of benzene rings is 1. The van der Waals surface area contributed by atoms with Crippen LogP contribution >= 0.6 is 11.8 Å². The van der Waals surface area contributed by atoms with Crippen LogP contribution in [-0.4, -0.2) is 17.5 Å². The molecule has 3 heteroatoms. The van der Waals surface area contributed by atoms with Crippen molar-refractivity contribution in [1.82, 2.24) is 0 Å². The van der Waals surface area contributed by atoms with E-state index in [9.17, 15) is 0 Å². The summed E-state index contributed by atoms with van der Waals surface area (Å²) in [7, 11) is 0. The topological polar surface area (TPSA) is 18.5 Å². The third-order valence-corrected chi connectivity index (χ3v) is 5.54. The Morgan fingerprint density at radius 3 is 2.89 bits per heavy atom. The smallest absolute Gasteiger partial charge is 0.114 e. The Morgan fingerprint density at radius 2 is 2.11 bits per heavy atom. The number of hydrogen-bond acceptors (Lipinski definition) is 3. The normalized spacial score (nSPS) is 33.9. The van der Waals surface area contributed by atoms with Crippen LogP contribution in [-0.2, 0) is 9.78 Å². The quantitative estimate of drug-likeness (QED) is 0.468. The molecule has 1 heterocycles. The zero-order chi connectivity index (χ0) is 13.3. The van der Waals surface area contributed by atoms with Crippen molar-refractivity contribution in [2.24, 2.45) is 5.92 Å². The predicted molar refractivity (Wildman–Crippen MR) is 78.0 cm³/mol. The third-order valence-electron chi connectivity index (χ3n) is 4.22. The molecule has 2 nitrogen and oxygen atoms in total. The molecule has 0 amide bonds. The molecule has 0 spiro atoms. The minimum absolute atomic E-state index is 0.175. The molecule has 1 aromatic carbocycles. The number of hydrogen-bond donors (Lipinski definition) is 0. The average Bonchev–Trinajstić information content (AvgIpc) is 2.45. The first-order valence-corrected chi connectivity index (χ1v) is 7.85. The van der Waals surface area contributed by atoms with Gasteiger partial charge in [0.2, 0.25) is 0 Å². The molecule has 1 fully saturated rings. The van der Waals surface area contributed by atoms with Crippen molar-refractivity contribution >= 4 is 11.8 Å². The Bertz CT molecular complexity index is 471. The van der Waals surface area contributed by atoms with Gasteiger partial charge in [-0.15, -0.1) is 11.8 Å². The van der Waals surface area contributed by atoms with E-state index in [4.69, 9.17) is 9.78 Å². The third kappa shape index (κ3) is 2.73. The van der Waals surface area contributed by atoms with E-state index in [1.54, 1.807) is 0 Å². The van der Waals surface area contributed by atoms with E-state index < -0.39 is 0 Å². The number of fused-ring (bicyclic) bond motifs is 2. The van der Waals surface area contributed by atoms with Crippen molar-refractivity contribution in [3.05, 3.63) is 42.0 Å². The summed E-state index contributed by atoms with van der Waals surface area (Å²) in [6.45, 7) is 4.31. The van der Waals surface area contributed by atoms with E-state index in [1.807, 2.05) is 17.8 Å². The highest BCUT2D eigenvalue weighted by molar-refractivity contribution is 7.99. The highest BCUT2D eigenvalue weighted by Gasteiger charge is 2.44. The summed E-state index contributed by atoms with van der Waals surface area (Å²) < 4.78 is 0. The lowest BCUT2D eigenvalue weighted by molar-refractivity contribution is -0.408. The fourth-order valence-corrected chi connectivity index (χ4v) is 3.82. The zero-order valence-electron chi connectivity index (χ0n) is 11.5. The van der Waals surface area contributed by atoms with Gasteiger partial charge in [-0.3, -0.25) is 0 Å². The fraction of sp³-hybridized carbons (Fsp3) is 0.500. The zero-order valence-corrected chi connectivity index (χ0v) is 12.3. The molecule has 102 valence electrons. The van der Waals surface area contributed by atoms with E-state index in [0.717, 1.165) is 18.6 Å². The van der Waals surface area contributed by atoms with Crippen LogP contribution in [0.4, 0.5) is 0 Å². The summed E-state index contributed by atoms with van der Waals surface area (Å²) in [6, 6.07) is 10.5. The van der Waals surface area contributed by atoms with Gasteiger partial charge in [0.1, 0.15) is 11.7 Å². The standard InChI is InChI=1S/C16H20O2S/c1-12-8-9-13-10-15(12)17-18-16(13,2)11-19-14-6-4-3-5-7-14/h3-8,13,15H,9-11H2,1-2H3/t13-,15-,16+/m1/s1. The number of thioether (sulfide) groups is 1. The van der Waals surface area contributed by atoms with Crippen molar-refractivity contribution in [1.29, 1.82) is 0 Å². The molecular weight excluding hydrogens is 256 g/mol. The van der Waals surface area contributed by atoms with E-state index in [-0.39, 0.29) is 11.7 Å². The summed E-state index contributed by atoms with van der Waals surface area (Å²) in [6.07, 6.45) is 4.69. The molecule has 3 atom stereocenters. The highest BCUT2D eigenvalue weighted by atomic mass is 32.2. The van der Waals surface area contributed by atoms with Gasteiger partial charge in [-0.25, -0.2) is 9.78 Å². The molecule has 19 heavy (non-hydrogen) atoms. The maximum absolute atomic E-state index is 5.76. The summed E-state index contributed by atoms with van der Waals surface area (Å²) in [5.74, 6) is 1.49. The van der Waals surface area contributed by atoms with Gasteiger partial charge in [0.05, 0.1) is 0 Å². The van der Waals surface area contributed by atoms with Crippen molar-refractivity contribution in [2.75, 3.05) is 5.75 Å². The molecule has 1 aromatic rings. The van der Waals surface area contributed by atoms with Crippen molar-refractivity contribution in [3.8, 4) is 0 Å². The van der Waals surface area contributed by atoms with E-state index in [2.05, 4.69) is 44.2 Å². The van der Waals surface area contributed by atoms with Gasteiger partial charge in [0, 0.05) is 10.6 Å². The van der Waals surface area contributed by atoms with Crippen LogP contribution in [0.25, 0.3) is 0 Å². The molecule has 3 rings (SSSR count). The van der Waals surface area contributed by atoms with Gasteiger partial charge in [0.15, 0.2) is 0 Å². The molecule has 2 aliphatic rings. The SMILES string of the molecule is CC1=CC[C@@H]2C[C@H]1OO[C@@]2(C)CSc1ccccc1. The maximum atomic E-state index is 5.76. The van der Waals surface area contributed by atoms with Gasteiger partial charge < -0.3 is 0 Å². The Morgan fingerprint density at radius 1 is 1.32 bits per heavy atom. The summed E-state index contributed by atoms with van der Waals surface area (Å²) in [5, 5.41) is 0. The molecule has 1 aliphatic heterocycles. The predicted octanol–water partition coefficient (Wildman–Crippen LogP) is 4.22. The number of rotatable bonds is 3. The Kier molecular flexibility index (Phi) is 3.70. The lowest BCUT2D eigenvalue weighted by atomic mass is 9.77. The molecule has 0 aromatic heterocycles. The van der Waals surface area contributed by atoms with E-state index in [0.29, 0.717) is 5.92 Å².